The zero-order valence-corrected chi connectivity index (χ0v) is 15.0. The van der Waals surface area contributed by atoms with Crippen molar-refractivity contribution in [1.29, 1.82) is 0 Å². The van der Waals surface area contributed by atoms with Crippen LogP contribution in [0.2, 0.25) is 0 Å². The fraction of sp³-hybridized carbons (Fsp3) is 0.300. The minimum atomic E-state index is -0.163. The molecule has 0 aliphatic heterocycles. The van der Waals surface area contributed by atoms with Crippen LogP contribution >= 0.6 is 11.3 Å². The van der Waals surface area contributed by atoms with Crippen LogP contribution in [0.3, 0.4) is 0 Å². The van der Waals surface area contributed by atoms with Gasteiger partial charge in [-0.15, -0.1) is 11.3 Å². The van der Waals surface area contributed by atoms with Crippen molar-refractivity contribution in [3.05, 3.63) is 63.7 Å². The lowest BCUT2D eigenvalue weighted by Crippen LogP contribution is -2.26. The van der Waals surface area contributed by atoms with Gasteiger partial charge < -0.3 is 10.3 Å². The van der Waals surface area contributed by atoms with Crippen LogP contribution in [0.25, 0.3) is 11.3 Å². The third-order valence-corrected chi connectivity index (χ3v) is 5.89. The number of amides is 1. The number of hydrogen-bond donors (Lipinski definition) is 2. The van der Waals surface area contributed by atoms with E-state index in [0.29, 0.717) is 0 Å². The van der Waals surface area contributed by atoms with E-state index in [4.69, 9.17) is 0 Å². The molecular formula is C20H21N3OS. The molecule has 128 valence electrons. The predicted molar refractivity (Wildman–Crippen MR) is 101 cm³/mol. The van der Waals surface area contributed by atoms with Crippen molar-refractivity contribution >= 4 is 17.2 Å². The monoisotopic (exact) mass is 351 g/mol. The molecule has 25 heavy (non-hydrogen) atoms. The number of rotatable bonds is 4. The number of benzene rings is 1. The molecule has 3 aromatic rings. The zero-order valence-electron chi connectivity index (χ0n) is 14.2. The first kappa shape index (κ1) is 16.1. The average Bonchev–Trinajstić information content (AvgIpc) is 3.29. The fourth-order valence-electron chi connectivity index (χ4n) is 3.26. The first-order valence-electron chi connectivity index (χ1n) is 8.73. The van der Waals surface area contributed by atoms with Crippen LogP contribution in [0, 0.1) is 0 Å². The summed E-state index contributed by atoms with van der Waals surface area (Å²) >= 11 is 1.64. The summed E-state index contributed by atoms with van der Waals surface area (Å²) in [7, 11) is 0. The predicted octanol–water partition coefficient (Wildman–Crippen LogP) is 4.51. The molecule has 0 bridgehead atoms. The Balaban J connectivity index is 1.46. The number of nitrogens with one attached hydrogen (secondary N) is 2. The number of fused-ring (bicyclic) bond motifs is 1. The van der Waals surface area contributed by atoms with Crippen LogP contribution in [0.15, 0.2) is 42.6 Å². The zero-order chi connectivity index (χ0) is 17.2. The van der Waals surface area contributed by atoms with Gasteiger partial charge in [0.25, 0.3) is 5.91 Å². The maximum atomic E-state index is 12.6. The number of aromatic nitrogens is 2. The SMILES string of the molecule is CC(NC(=O)c1cc2c(s1)CCCC2)c1ncc(-c2ccccc2)[nH]1. The highest BCUT2D eigenvalue weighted by Gasteiger charge is 2.19. The summed E-state index contributed by atoms with van der Waals surface area (Å²) in [6.07, 6.45) is 6.50. The second kappa shape index (κ2) is 6.84. The normalized spacial score (nSPS) is 14.8. The summed E-state index contributed by atoms with van der Waals surface area (Å²) in [6.45, 7) is 1.96. The maximum Gasteiger partial charge on any atom is 0.261 e. The highest BCUT2D eigenvalue weighted by atomic mass is 32.1. The first-order valence-corrected chi connectivity index (χ1v) is 9.55. The molecule has 4 rings (SSSR count). The van der Waals surface area contributed by atoms with E-state index < -0.39 is 0 Å². The van der Waals surface area contributed by atoms with Gasteiger partial charge in [0, 0.05) is 4.88 Å². The van der Waals surface area contributed by atoms with Gasteiger partial charge in [-0.2, -0.15) is 0 Å². The van der Waals surface area contributed by atoms with Crippen molar-refractivity contribution < 1.29 is 4.79 Å². The van der Waals surface area contributed by atoms with Crippen LogP contribution in [-0.4, -0.2) is 15.9 Å². The second-order valence-electron chi connectivity index (χ2n) is 6.51. The molecule has 0 fully saturated rings. The van der Waals surface area contributed by atoms with E-state index in [0.717, 1.165) is 34.8 Å². The lowest BCUT2D eigenvalue weighted by molar-refractivity contribution is 0.0942. The molecule has 0 saturated heterocycles. The maximum absolute atomic E-state index is 12.6. The summed E-state index contributed by atoms with van der Waals surface area (Å²) in [5.41, 5.74) is 3.41. The van der Waals surface area contributed by atoms with E-state index in [9.17, 15) is 4.79 Å². The Morgan fingerprint density at radius 1 is 1.24 bits per heavy atom. The van der Waals surface area contributed by atoms with Gasteiger partial charge in [0.15, 0.2) is 0 Å². The largest absolute Gasteiger partial charge is 0.342 e. The van der Waals surface area contributed by atoms with Crippen molar-refractivity contribution in [2.75, 3.05) is 0 Å². The molecule has 2 aromatic heterocycles. The Labute approximate surface area is 151 Å². The van der Waals surface area contributed by atoms with Gasteiger partial charge in [-0.3, -0.25) is 4.79 Å². The highest BCUT2D eigenvalue weighted by Crippen LogP contribution is 2.30. The summed E-state index contributed by atoms with van der Waals surface area (Å²) in [5, 5.41) is 3.06. The number of imidazole rings is 1. The van der Waals surface area contributed by atoms with Crippen LogP contribution in [0.1, 0.15) is 51.7 Å². The lowest BCUT2D eigenvalue weighted by atomic mass is 9.99. The fourth-order valence-corrected chi connectivity index (χ4v) is 4.42. The minimum absolute atomic E-state index is 0.00967. The molecule has 2 heterocycles. The van der Waals surface area contributed by atoms with Crippen molar-refractivity contribution in [1.82, 2.24) is 15.3 Å². The summed E-state index contributed by atoms with van der Waals surface area (Å²) in [6, 6.07) is 12.0. The number of hydrogen-bond acceptors (Lipinski definition) is 3. The molecule has 2 N–H and O–H groups in total. The minimum Gasteiger partial charge on any atom is -0.342 e. The van der Waals surface area contributed by atoms with Crippen LogP contribution in [0.5, 0.6) is 0 Å². The molecule has 0 spiro atoms. The van der Waals surface area contributed by atoms with Crippen molar-refractivity contribution in [3.8, 4) is 11.3 Å². The van der Waals surface area contributed by atoms with Gasteiger partial charge >= 0.3 is 0 Å². The number of aromatic amines is 1. The average molecular weight is 351 g/mol. The number of aryl methyl sites for hydroxylation is 2. The van der Waals surface area contributed by atoms with E-state index in [1.165, 1.54) is 23.3 Å². The molecule has 1 aliphatic carbocycles. The molecule has 4 nitrogen and oxygen atoms in total. The Hall–Kier alpha value is -2.40. The smallest absolute Gasteiger partial charge is 0.261 e. The highest BCUT2D eigenvalue weighted by molar-refractivity contribution is 7.14. The molecule has 1 aromatic carbocycles. The van der Waals surface area contributed by atoms with Gasteiger partial charge in [0.1, 0.15) is 5.82 Å². The van der Waals surface area contributed by atoms with Gasteiger partial charge in [-0.05, 0) is 49.8 Å². The summed E-state index contributed by atoms with van der Waals surface area (Å²) < 4.78 is 0. The van der Waals surface area contributed by atoms with Crippen LogP contribution in [-0.2, 0) is 12.8 Å². The molecule has 1 amide bonds. The summed E-state index contributed by atoms with van der Waals surface area (Å²) in [4.78, 5) is 22.5. The number of carbonyl (C=O) groups excluding carboxylic acids is 1. The van der Waals surface area contributed by atoms with E-state index in [1.54, 1.807) is 11.3 Å². The van der Waals surface area contributed by atoms with Crippen molar-refractivity contribution in [3.63, 3.8) is 0 Å². The van der Waals surface area contributed by atoms with E-state index >= 15 is 0 Å². The van der Waals surface area contributed by atoms with Gasteiger partial charge in [0.2, 0.25) is 0 Å². The van der Waals surface area contributed by atoms with E-state index in [2.05, 4.69) is 21.4 Å². The molecule has 0 radical (unpaired) electrons. The molecular weight excluding hydrogens is 330 g/mol. The molecule has 1 atom stereocenters. The van der Waals surface area contributed by atoms with E-state index in [1.807, 2.05) is 43.5 Å². The van der Waals surface area contributed by atoms with Crippen molar-refractivity contribution in [2.24, 2.45) is 0 Å². The quantitative estimate of drug-likeness (QED) is 0.727. The lowest BCUT2D eigenvalue weighted by Gasteiger charge is -2.10. The Kier molecular flexibility index (Phi) is 4.40. The van der Waals surface area contributed by atoms with Crippen LogP contribution < -0.4 is 5.32 Å². The third kappa shape index (κ3) is 3.37. The second-order valence-corrected chi connectivity index (χ2v) is 7.65. The molecule has 5 heteroatoms. The molecule has 0 saturated carbocycles. The molecule has 1 unspecified atom stereocenters. The van der Waals surface area contributed by atoms with Crippen molar-refractivity contribution in [2.45, 2.75) is 38.6 Å². The topological polar surface area (TPSA) is 57.8 Å². The number of thiophene rings is 1. The first-order chi connectivity index (χ1) is 12.2. The van der Waals surface area contributed by atoms with Gasteiger partial charge in [-0.1, -0.05) is 30.3 Å². The third-order valence-electron chi connectivity index (χ3n) is 4.66. The standard InChI is InChI=1S/C20H21N3OS/c1-13(19-21-12-16(23-19)14-7-3-2-4-8-14)22-20(24)18-11-15-9-5-6-10-17(15)25-18/h2-4,7-8,11-13H,5-6,9-10H2,1H3,(H,21,23)(H,22,24). The molecule has 1 aliphatic rings. The number of carbonyl (C=O) groups is 1. The number of H-pyrrole nitrogens is 1. The number of nitrogens with zero attached hydrogens (tertiary/aromatic N) is 1. The van der Waals surface area contributed by atoms with E-state index in [-0.39, 0.29) is 11.9 Å². The Bertz CT molecular complexity index is 858. The van der Waals surface area contributed by atoms with Gasteiger partial charge in [0.05, 0.1) is 22.8 Å². The summed E-state index contributed by atoms with van der Waals surface area (Å²) in [5.74, 6) is 0.762. The van der Waals surface area contributed by atoms with Crippen LogP contribution in [0.4, 0.5) is 0 Å². The Morgan fingerprint density at radius 2 is 2.04 bits per heavy atom. The van der Waals surface area contributed by atoms with Gasteiger partial charge in [-0.25, -0.2) is 4.98 Å². The Morgan fingerprint density at radius 3 is 2.84 bits per heavy atom.